The monoisotopic (exact) mass is 308 g/mol. The molecule has 0 radical (unpaired) electrons. The van der Waals surface area contributed by atoms with Crippen molar-refractivity contribution in [3.05, 3.63) is 21.9 Å². The van der Waals surface area contributed by atoms with Gasteiger partial charge in [-0.1, -0.05) is 0 Å². The highest BCUT2D eigenvalue weighted by molar-refractivity contribution is 7.10. The largest absolute Gasteiger partial charge is 0.479 e. The number of nitrogens with zero attached hydrogens (tertiary/aromatic N) is 1. The van der Waals surface area contributed by atoms with Crippen LogP contribution in [0.15, 0.2) is 11.4 Å². The Labute approximate surface area is 128 Å². The second-order valence-electron chi connectivity index (χ2n) is 6.00. The standard InChI is InChI=1S/C15H20N2O3S/c1-15(6-2-3-7-16-15)14(20)17-8-4-11-10(5-9-21-11)12(17)13(18)19/h5,9,12,16H,2-4,6-8H2,1H3,(H,18,19). The van der Waals surface area contributed by atoms with Gasteiger partial charge in [0.1, 0.15) is 0 Å². The first-order chi connectivity index (χ1) is 10.0. The summed E-state index contributed by atoms with van der Waals surface area (Å²) in [6.45, 7) is 3.20. The zero-order chi connectivity index (χ0) is 15.0. The maximum atomic E-state index is 12.9. The highest BCUT2D eigenvalue weighted by atomic mass is 32.1. The summed E-state index contributed by atoms with van der Waals surface area (Å²) >= 11 is 1.58. The first-order valence-corrected chi connectivity index (χ1v) is 8.26. The number of fused-ring (bicyclic) bond motifs is 1. The Kier molecular flexibility index (Phi) is 3.75. The topological polar surface area (TPSA) is 69.6 Å². The van der Waals surface area contributed by atoms with Gasteiger partial charge in [0.2, 0.25) is 5.91 Å². The van der Waals surface area contributed by atoms with Crippen LogP contribution in [0.25, 0.3) is 0 Å². The molecule has 114 valence electrons. The van der Waals surface area contributed by atoms with E-state index in [0.29, 0.717) is 6.54 Å². The van der Waals surface area contributed by atoms with E-state index in [9.17, 15) is 14.7 Å². The van der Waals surface area contributed by atoms with Gasteiger partial charge in [0.05, 0.1) is 5.54 Å². The summed E-state index contributed by atoms with van der Waals surface area (Å²) in [5.41, 5.74) is 0.158. The van der Waals surface area contributed by atoms with Crippen molar-refractivity contribution in [3.63, 3.8) is 0 Å². The van der Waals surface area contributed by atoms with Gasteiger partial charge in [-0.25, -0.2) is 4.79 Å². The predicted octanol–water partition coefficient (Wildman–Crippen LogP) is 1.79. The lowest BCUT2D eigenvalue weighted by molar-refractivity contribution is -0.154. The molecule has 0 aromatic carbocycles. The Morgan fingerprint density at radius 2 is 2.29 bits per heavy atom. The summed E-state index contributed by atoms with van der Waals surface area (Å²) in [6.07, 6.45) is 3.59. The van der Waals surface area contributed by atoms with E-state index in [0.717, 1.165) is 42.7 Å². The Balaban J connectivity index is 1.90. The molecule has 2 unspecified atom stereocenters. The summed E-state index contributed by atoms with van der Waals surface area (Å²) in [5.74, 6) is -1.02. The number of carbonyl (C=O) groups is 2. The summed E-state index contributed by atoms with van der Waals surface area (Å²) in [4.78, 5) is 27.3. The number of hydrogen-bond acceptors (Lipinski definition) is 4. The SMILES string of the molecule is CC1(C(=O)N2CCc3sccc3C2C(=O)O)CCCCN1. The van der Waals surface area contributed by atoms with Gasteiger partial charge in [-0.05, 0) is 56.2 Å². The molecule has 1 fully saturated rings. The molecular weight excluding hydrogens is 288 g/mol. The molecule has 1 amide bonds. The van der Waals surface area contributed by atoms with Crippen LogP contribution in [-0.4, -0.2) is 40.5 Å². The number of nitrogens with one attached hydrogen (secondary N) is 1. The molecule has 3 heterocycles. The number of carboxylic acid groups (broad SMARTS) is 1. The molecule has 5 nitrogen and oxygen atoms in total. The lowest BCUT2D eigenvalue weighted by Crippen LogP contribution is -2.60. The van der Waals surface area contributed by atoms with Crippen LogP contribution in [0.2, 0.25) is 0 Å². The molecular formula is C15H20N2O3S. The molecule has 0 aliphatic carbocycles. The Morgan fingerprint density at radius 1 is 1.48 bits per heavy atom. The maximum Gasteiger partial charge on any atom is 0.331 e. The van der Waals surface area contributed by atoms with Crippen LogP contribution in [0.4, 0.5) is 0 Å². The summed E-state index contributed by atoms with van der Waals surface area (Å²) in [7, 11) is 0. The smallest absolute Gasteiger partial charge is 0.331 e. The highest BCUT2D eigenvalue weighted by Gasteiger charge is 2.44. The van der Waals surface area contributed by atoms with Crippen molar-refractivity contribution >= 4 is 23.2 Å². The number of carbonyl (C=O) groups excluding carboxylic acids is 1. The van der Waals surface area contributed by atoms with Gasteiger partial charge in [0.15, 0.2) is 6.04 Å². The first-order valence-electron chi connectivity index (χ1n) is 7.38. The zero-order valence-corrected chi connectivity index (χ0v) is 12.9. The third-order valence-corrected chi connectivity index (χ3v) is 5.55. The molecule has 1 saturated heterocycles. The minimum Gasteiger partial charge on any atom is -0.479 e. The number of rotatable bonds is 2. The van der Waals surface area contributed by atoms with Crippen molar-refractivity contribution in [1.29, 1.82) is 0 Å². The zero-order valence-electron chi connectivity index (χ0n) is 12.1. The first kappa shape index (κ1) is 14.5. The van der Waals surface area contributed by atoms with Crippen molar-refractivity contribution in [2.45, 2.75) is 44.2 Å². The number of piperidine rings is 1. The van der Waals surface area contributed by atoms with Crippen LogP contribution in [0.3, 0.4) is 0 Å². The van der Waals surface area contributed by atoms with Gasteiger partial charge >= 0.3 is 5.97 Å². The van der Waals surface area contributed by atoms with E-state index in [1.54, 1.807) is 16.2 Å². The molecule has 0 saturated carbocycles. The number of carboxylic acids is 1. The van der Waals surface area contributed by atoms with Gasteiger partial charge in [-0.3, -0.25) is 4.79 Å². The Bertz CT molecular complexity index is 563. The average Bonchev–Trinajstić information content (AvgIpc) is 2.94. The van der Waals surface area contributed by atoms with E-state index in [-0.39, 0.29) is 5.91 Å². The second kappa shape index (κ2) is 5.42. The van der Waals surface area contributed by atoms with E-state index >= 15 is 0 Å². The quantitative estimate of drug-likeness (QED) is 0.874. The summed E-state index contributed by atoms with van der Waals surface area (Å²) in [6, 6.07) is 1.00. The second-order valence-corrected chi connectivity index (χ2v) is 7.01. The normalized spacial score (nSPS) is 29.0. The van der Waals surface area contributed by atoms with Crippen LogP contribution in [-0.2, 0) is 16.0 Å². The van der Waals surface area contributed by atoms with Crippen LogP contribution < -0.4 is 5.32 Å². The van der Waals surface area contributed by atoms with Gasteiger partial charge in [-0.2, -0.15) is 0 Å². The number of amides is 1. The molecule has 1 aromatic rings. The fourth-order valence-corrected chi connectivity index (χ4v) is 4.26. The minimum absolute atomic E-state index is 0.0774. The molecule has 0 bridgehead atoms. The fraction of sp³-hybridized carbons (Fsp3) is 0.600. The highest BCUT2D eigenvalue weighted by Crippen LogP contribution is 2.35. The summed E-state index contributed by atoms with van der Waals surface area (Å²) < 4.78 is 0. The lowest BCUT2D eigenvalue weighted by atomic mass is 9.87. The number of hydrogen-bond donors (Lipinski definition) is 2. The van der Waals surface area contributed by atoms with Crippen LogP contribution in [0.1, 0.15) is 42.7 Å². The third kappa shape index (κ3) is 2.46. The van der Waals surface area contributed by atoms with Crippen molar-refractivity contribution in [2.24, 2.45) is 0 Å². The van der Waals surface area contributed by atoms with E-state index in [2.05, 4.69) is 5.32 Å². The van der Waals surface area contributed by atoms with E-state index in [1.165, 1.54) is 0 Å². The van der Waals surface area contributed by atoms with Gasteiger partial charge in [0, 0.05) is 11.4 Å². The number of aliphatic carboxylic acids is 1. The molecule has 6 heteroatoms. The molecule has 21 heavy (non-hydrogen) atoms. The molecule has 2 aliphatic heterocycles. The third-order valence-electron chi connectivity index (χ3n) is 4.55. The van der Waals surface area contributed by atoms with Crippen molar-refractivity contribution in [1.82, 2.24) is 10.2 Å². The van der Waals surface area contributed by atoms with Crippen LogP contribution in [0.5, 0.6) is 0 Å². The van der Waals surface area contributed by atoms with Crippen LogP contribution in [0, 0.1) is 0 Å². The van der Waals surface area contributed by atoms with E-state index < -0.39 is 17.6 Å². The lowest BCUT2D eigenvalue weighted by Gasteiger charge is -2.41. The minimum atomic E-state index is -0.942. The van der Waals surface area contributed by atoms with Crippen molar-refractivity contribution in [2.75, 3.05) is 13.1 Å². The molecule has 3 rings (SSSR count). The van der Waals surface area contributed by atoms with Gasteiger partial charge in [-0.15, -0.1) is 11.3 Å². The maximum absolute atomic E-state index is 12.9. The van der Waals surface area contributed by atoms with Crippen molar-refractivity contribution < 1.29 is 14.7 Å². The Morgan fingerprint density at radius 3 is 2.95 bits per heavy atom. The van der Waals surface area contributed by atoms with Gasteiger partial charge in [0.25, 0.3) is 0 Å². The Hall–Kier alpha value is -1.40. The number of thiophene rings is 1. The predicted molar refractivity (Wildman–Crippen MR) is 80.4 cm³/mol. The fourth-order valence-electron chi connectivity index (χ4n) is 3.36. The van der Waals surface area contributed by atoms with Crippen LogP contribution >= 0.6 is 11.3 Å². The molecule has 2 aliphatic rings. The van der Waals surface area contributed by atoms with E-state index in [1.807, 2.05) is 18.4 Å². The van der Waals surface area contributed by atoms with Gasteiger partial charge < -0.3 is 15.3 Å². The van der Waals surface area contributed by atoms with Crippen molar-refractivity contribution in [3.8, 4) is 0 Å². The molecule has 2 atom stereocenters. The van der Waals surface area contributed by atoms with E-state index in [4.69, 9.17) is 0 Å². The summed E-state index contributed by atoms with van der Waals surface area (Å²) in [5, 5.41) is 14.8. The molecule has 1 aromatic heterocycles. The molecule has 2 N–H and O–H groups in total. The average molecular weight is 308 g/mol. The molecule has 0 spiro atoms.